The van der Waals surface area contributed by atoms with E-state index in [1.807, 2.05) is 48.5 Å². The highest BCUT2D eigenvalue weighted by Crippen LogP contribution is 2.39. The lowest BCUT2D eigenvalue weighted by molar-refractivity contribution is -1.01. The Morgan fingerprint density at radius 2 is 1.84 bits per heavy atom. The lowest BCUT2D eigenvalue weighted by Crippen LogP contribution is -3.28. The van der Waals surface area contributed by atoms with E-state index in [1.54, 1.807) is 15.9 Å². The van der Waals surface area contributed by atoms with Crippen LogP contribution in [0, 0.1) is 0 Å². The summed E-state index contributed by atoms with van der Waals surface area (Å²) in [5.41, 5.74) is 2.25. The monoisotopic (exact) mass is 438 g/mol. The zero-order chi connectivity index (χ0) is 21.6. The number of fused-ring (bicyclic) bond motifs is 1. The molecule has 0 bridgehead atoms. The number of rotatable bonds is 6. The number of carbonyl (C=O) groups is 2. The van der Waals surface area contributed by atoms with E-state index in [4.69, 9.17) is 0 Å². The van der Waals surface area contributed by atoms with Gasteiger partial charge in [-0.25, -0.2) is 0 Å². The van der Waals surface area contributed by atoms with Crippen molar-refractivity contribution in [1.29, 1.82) is 0 Å². The van der Waals surface area contributed by atoms with Crippen LogP contribution in [0.5, 0.6) is 0 Å². The van der Waals surface area contributed by atoms with Gasteiger partial charge < -0.3 is 20.4 Å². The first-order valence-electron chi connectivity index (χ1n) is 11.0. The molecule has 6 nitrogen and oxygen atoms in total. The van der Waals surface area contributed by atoms with Crippen LogP contribution in [0.15, 0.2) is 58.3 Å². The molecule has 2 aliphatic heterocycles. The third-order valence-electron chi connectivity index (χ3n) is 5.96. The number of benzene rings is 2. The first kappa shape index (κ1) is 21.6. The van der Waals surface area contributed by atoms with Crippen molar-refractivity contribution in [3.63, 3.8) is 0 Å². The molecule has 0 aromatic heterocycles. The van der Waals surface area contributed by atoms with Gasteiger partial charge >= 0.3 is 0 Å². The molecule has 0 saturated carbocycles. The number of piperazine rings is 1. The van der Waals surface area contributed by atoms with Crippen molar-refractivity contribution >= 4 is 35.3 Å². The van der Waals surface area contributed by atoms with Crippen molar-refractivity contribution in [3.05, 3.63) is 64.6 Å². The normalized spacial score (nSPS) is 22.0. The average Bonchev–Trinajstić information content (AvgIpc) is 2.80. The number of anilines is 1. The van der Waals surface area contributed by atoms with Crippen molar-refractivity contribution in [2.24, 2.45) is 0 Å². The summed E-state index contributed by atoms with van der Waals surface area (Å²) < 4.78 is 0. The molecule has 7 heteroatoms. The maximum Gasteiger partial charge on any atom is 0.262 e. The minimum atomic E-state index is -0.143. The number of hydrogen-bond acceptors (Lipinski definition) is 3. The van der Waals surface area contributed by atoms with Gasteiger partial charge in [0.05, 0.1) is 30.2 Å². The fraction of sp³-hybridized carbons (Fsp3) is 0.333. The molecule has 0 unspecified atom stereocenters. The highest BCUT2D eigenvalue weighted by molar-refractivity contribution is 8.04. The fourth-order valence-electron chi connectivity index (χ4n) is 4.02. The Balaban J connectivity index is 1.33. The number of likely N-dealkylation sites (N-methyl/N-ethyl adjacent to an activating group) is 1. The predicted molar refractivity (Wildman–Crippen MR) is 124 cm³/mol. The van der Waals surface area contributed by atoms with Gasteiger partial charge in [-0.05, 0) is 36.8 Å². The SMILES string of the molecule is CC[NH+]1CC[NH+](CCNC(=O)c2ccc3c(c2)NC(=O)C(=Cc2ccccc2)S3)CC1. The minimum absolute atomic E-state index is 0.0927. The first-order valence-corrected chi connectivity index (χ1v) is 11.8. The van der Waals surface area contributed by atoms with Gasteiger partial charge in [-0.15, -0.1) is 0 Å². The highest BCUT2D eigenvalue weighted by atomic mass is 32.2. The number of quaternary nitrogens is 2. The molecule has 0 atom stereocenters. The molecule has 4 rings (SSSR count). The molecule has 2 aromatic carbocycles. The predicted octanol–water partition coefficient (Wildman–Crippen LogP) is 0.305. The number of thioether (sulfide) groups is 1. The van der Waals surface area contributed by atoms with E-state index in [2.05, 4.69) is 17.6 Å². The highest BCUT2D eigenvalue weighted by Gasteiger charge is 2.23. The Bertz CT molecular complexity index is 969. The van der Waals surface area contributed by atoms with Gasteiger partial charge in [0.1, 0.15) is 26.2 Å². The largest absolute Gasteiger partial charge is 0.346 e. The van der Waals surface area contributed by atoms with E-state index < -0.39 is 0 Å². The molecular formula is C24H30N4O2S+2. The van der Waals surface area contributed by atoms with Crippen LogP contribution in [0.2, 0.25) is 0 Å². The summed E-state index contributed by atoms with van der Waals surface area (Å²) >= 11 is 1.43. The quantitative estimate of drug-likeness (QED) is 0.491. The summed E-state index contributed by atoms with van der Waals surface area (Å²) in [6.07, 6.45) is 1.88. The maximum absolute atomic E-state index is 12.6. The van der Waals surface area contributed by atoms with Crippen molar-refractivity contribution in [2.75, 3.05) is 51.1 Å². The van der Waals surface area contributed by atoms with Crippen LogP contribution in [-0.4, -0.2) is 57.6 Å². The first-order chi connectivity index (χ1) is 15.1. The van der Waals surface area contributed by atoms with Gasteiger partial charge in [-0.2, -0.15) is 0 Å². The Hall–Kier alpha value is -2.61. The molecule has 2 amide bonds. The molecule has 1 saturated heterocycles. The van der Waals surface area contributed by atoms with Crippen LogP contribution in [0.1, 0.15) is 22.8 Å². The number of amides is 2. The van der Waals surface area contributed by atoms with E-state index >= 15 is 0 Å². The lowest BCUT2D eigenvalue weighted by Gasteiger charge is -2.29. The Morgan fingerprint density at radius 1 is 1.10 bits per heavy atom. The molecule has 162 valence electrons. The Kier molecular flexibility index (Phi) is 7.06. The third-order valence-corrected chi connectivity index (χ3v) is 7.06. The van der Waals surface area contributed by atoms with Gasteiger partial charge in [-0.3, -0.25) is 9.59 Å². The van der Waals surface area contributed by atoms with Gasteiger partial charge in [0.25, 0.3) is 11.8 Å². The smallest absolute Gasteiger partial charge is 0.262 e. The second-order valence-electron chi connectivity index (χ2n) is 8.05. The van der Waals surface area contributed by atoms with E-state index in [0.717, 1.165) is 17.0 Å². The number of carbonyl (C=O) groups excluding carboxylic acids is 2. The molecule has 2 aliphatic rings. The van der Waals surface area contributed by atoms with E-state index in [0.29, 0.717) is 22.7 Å². The third kappa shape index (κ3) is 5.55. The molecule has 0 spiro atoms. The van der Waals surface area contributed by atoms with Crippen LogP contribution in [-0.2, 0) is 4.79 Å². The topological polar surface area (TPSA) is 67.1 Å². The van der Waals surface area contributed by atoms with Gasteiger partial charge in [0.15, 0.2) is 0 Å². The minimum Gasteiger partial charge on any atom is -0.346 e. The number of nitrogens with one attached hydrogen (secondary N) is 4. The zero-order valence-electron chi connectivity index (χ0n) is 17.9. The lowest BCUT2D eigenvalue weighted by atomic mass is 10.1. The number of hydrogen-bond donors (Lipinski definition) is 4. The Morgan fingerprint density at radius 3 is 2.58 bits per heavy atom. The van der Waals surface area contributed by atoms with Crippen molar-refractivity contribution in [1.82, 2.24) is 5.32 Å². The van der Waals surface area contributed by atoms with Gasteiger partial charge in [0.2, 0.25) is 0 Å². The Labute approximate surface area is 187 Å². The zero-order valence-corrected chi connectivity index (χ0v) is 18.7. The summed E-state index contributed by atoms with van der Waals surface area (Å²) in [4.78, 5) is 29.9. The standard InChI is InChI=1S/C24H28N4O2S/c1-2-27-12-14-28(15-13-27)11-10-25-23(29)19-8-9-21-20(17-19)26-24(30)22(31-21)16-18-6-4-3-5-7-18/h3-9,16-17H,2,10-15H2,1H3,(H,25,29)(H,26,30)/p+2. The molecule has 0 aliphatic carbocycles. The van der Waals surface area contributed by atoms with Crippen LogP contribution in [0.3, 0.4) is 0 Å². The van der Waals surface area contributed by atoms with Crippen molar-refractivity contribution in [3.8, 4) is 0 Å². The molecule has 31 heavy (non-hydrogen) atoms. The fourth-order valence-corrected chi connectivity index (χ4v) is 4.95. The van der Waals surface area contributed by atoms with Crippen molar-refractivity contribution in [2.45, 2.75) is 11.8 Å². The van der Waals surface area contributed by atoms with Crippen LogP contribution >= 0.6 is 11.8 Å². The average molecular weight is 439 g/mol. The van der Waals surface area contributed by atoms with E-state index in [9.17, 15) is 9.59 Å². The molecule has 4 N–H and O–H groups in total. The second kappa shape index (κ2) is 10.1. The summed E-state index contributed by atoms with van der Waals surface area (Å²) in [6, 6.07) is 15.3. The van der Waals surface area contributed by atoms with Gasteiger partial charge in [0, 0.05) is 10.5 Å². The molecular weight excluding hydrogens is 408 g/mol. The second-order valence-corrected chi connectivity index (χ2v) is 9.13. The molecule has 2 aromatic rings. The summed E-state index contributed by atoms with van der Waals surface area (Å²) in [5, 5.41) is 5.96. The molecule has 0 radical (unpaired) electrons. The summed E-state index contributed by atoms with van der Waals surface area (Å²) in [5.74, 6) is -0.235. The van der Waals surface area contributed by atoms with Crippen molar-refractivity contribution < 1.29 is 19.4 Å². The molecule has 2 heterocycles. The molecule has 1 fully saturated rings. The van der Waals surface area contributed by atoms with E-state index in [-0.39, 0.29) is 11.8 Å². The van der Waals surface area contributed by atoms with Gasteiger partial charge in [-0.1, -0.05) is 42.1 Å². The van der Waals surface area contributed by atoms with E-state index in [1.165, 1.54) is 44.5 Å². The maximum atomic E-state index is 12.6. The summed E-state index contributed by atoms with van der Waals surface area (Å²) in [6.45, 7) is 9.80. The van der Waals surface area contributed by atoms with Crippen LogP contribution in [0.25, 0.3) is 6.08 Å². The van der Waals surface area contributed by atoms with Crippen LogP contribution < -0.4 is 20.4 Å². The van der Waals surface area contributed by atoms with Crippen LogP contribution in [0.4, 0.5) is 5.69 Å². The summed E-state index contributed by atoms with van der Waals surface area (Å²) in [7, 11) is 0.